The first kappa shape index (κ1) is 16.2. The zero-order valence-corrected chi connectivity index (χ0v) is 11.7. The normalized spacial score (nSPS) is 12.1. The fourth-order valence-electron chi connectivity index (χ4n) is 1.71. The number of carboxylic acid groups (broad SMARTS) is 1. The summed E-state index contributed by atoms with van der Waals surface area (Å²) in [5, 5.41) is 14.8. The summed E-state index contributed by atoms with van der Waals surface area (Å²) in [6, 6.07) is -0.932. The molecular formula is C13H22N4O3. The Hall–Kier alpha value is -1.89. The van der Waals surface area contributed by atoms with E-state index in [9.17, 15) is 9.59 Å². The Balaban J connectivity index is 2.30. The molecule has 20 heavy (non-hydrogen) atoms. The van der Waals surface area contributed by atoms with Crippen LogP contribution in [0.4, 0.5) is 0 Å². The molecule has 4 N–H and O–H groups in total. The van der Waals surface area contributed by atoms with E-state index < -0.39 is 12.0 Å². The average molecular weight is 282 g/mol. The SMILES string of the molecule is CCCCNCCC(=O)N[C@@H](Cc1cnc[nH]1)C(=O)O. The number of nitrogens with zero attached hydrogens (tertiary/aromatic N) is 1. The molecule has 0 aromatic carbocycles. The molecule has 1 amide bonds. The summed E-state index contributed by atoms with van der Waals surface area (Å²) in [5.74, 6) is -1.31. The van der Waals surface area contributed by atoms with E-state index in [4.69, 9.17) is 5.11 Å². The summed E-state index contributed by atoms with van der Waals surface area (Å²) in [4.78, 5) is 29.4. The van der Waals surface area contributed by atoms with Crippen LogP contribution in [0.3, 0.4) is 0 Å². The van der Waals surface area contributed by atoms with Gasteiger partial charge in [-0.1, -0.05) is 13.3 Å². The summed E-state index contributed by atoms with van der Waals surface area (Å²) in [7, 11) is 0. The molecule has 0 fully saturated rings. The monoisotopic (exact) mass is 282 g/mol. The van der Waals surface area contributed by atoms with Gasteiger partial charge in [-0.05, 0) is 13.0 Å². The minimum Gasteiger partial charge on any atom is -0.480 e. The van der Waals surface area contributed by atoms with Crippen molar-refractivity contribution < 1.29 is 14.7 Å². The second-order valence-electron chi connectivity index (χ2n) is 4.59. The number of aromatic nitrogens is 2. The van der Waals surface area contributed by atoms with Crippen LogP contribution in [0.25, 0.3) is 0 Å². The lowest BCUT2D eigenvalue weighted by atomic mass is 10.1. The Morgan fingerprint density at radius 2 is 2.25 bits per heavy atom. The molecular weight excluding hydrogens is 260 g/mol. The number of hydrogen-bond acceptors (Lipinski definition) is 4. The van der Waals surface area contributed by atoms with E-state index in [1.54, 1.807) is 6.20 Å². The molecule has 0 spiro atoms. The van der Waals surface area contributed by atoms with Gasteiger partial charge in [-0.15, -0.1) is 0 Å². The van der Waals surface area contributed by atoms with Gasteiger partial charge >= 0.3 is 5.97 Å². The van der Waals surface area contributed by atoms with Gasteiger partial charge in [0.2, 0.25) is 5.91 Å². The van der Waals surface area contributed by atoms with Crippen LogP contribution in [0.15, 0.2) is 12.5 Å². The van der Waals surface area contributed by atoms with E-state index in [2.05, 4.69) is 27.5 Å². The van der Waals surface area contributed by atoms with Gasteiger partial charge in [0.05, 0.1) is 6.33 Å². The molecule has 0 saturated heterocycles. The number of hydrogen-bond donors (Lipinski definition) is 4. The molecule has 0 aliphatic heterocycles. The van der Waals surface area contributed by atoms with Crippen molar-refractivity contribution >= 4 is 11.9 Å². The Kier molecular flexibility index (Phi) is 7.34. The Morgan fingerprint density at radius 1 is 1.45 bits per heavy atom. The van der Waals surface area contributed by atoms with Crippen molar-refractivity contribution in [3.8, 4) is 0 Å². The van der Waals surface area contributed by atoms with Crippen molar-refractivity contribution in [1.82, 2.24) is 20.6 Å². The molecule has 0 radical (unpaired) electrons. The second kappa shape index (κ2) is 9.08. The summed E-state index contributed by atoms with van der Waals surface area (Å²) in [6.07, 6.45) is 5.67. The number of carboxylic acids is 1. The molecule has 0 bridgehead atoms. The minimum atomic E-state index is -1.05. The summed E-state index contributed by atoms with van der Waals surface area (Å²) >= 11 is 0. The molecule has 1 rings (SSSR count). The molecule has 1 atom stereocenters. The lowest BCUT2D eigenvalue weighted by Gasteiger charge is -2.13. The molecule has 0 unspecified atom stereocenters. The van der Waals surface area contributed by atoms with Crippen molar-refractivity contribution in [2.75, 3.05) is 13.1 Å². The number of carbonyl (C=O) groups is 2. The zero-order chi connectivity index (χ0) is 14.8. The molecule has 1 heterocycles. The molecule has 7 heteroatoms. The van der Waals surface area contributed by atoms with Gasteiger partial charge in [0.1, 0.15) is 6.04 Å². The third-order valence-corrected chi connectivity index (χ3v) is 2.85. The van der Waals surface area contributed by atoms with Gasteiger partial charge in [-0.2, -0.15) is 0 Å². The lowest BCUT2D eigenvalue weighted by molar-refractivity contribution is -0.141. The van der Waals surface area contributed by atoms with Crippen molar-refractivity contribution in [2.24, 2.45) is 0 Å². The van der Waals surface area contributed by atoms with Gasteiger partial charge in [0, 0.05) is 31.3 Å². The van der Waals surface area contributed by atoms with Gasteiger partial charge in [-0.25, -0.2) is 9.78 Å². The first-order valence-electron chi connectivity index (χ1n) is 6.83. The Bertz CT molecular complexity index is 406. The number of aliphatic carboxylic acids is 1. The van der Waals surface area contributed by atoms with Crippen LogP contribution in [-0.2, 0) is 16.0 Å². The van der Waals surface area contributed by atoms with Crippen LogP contribution in [0.1, 0.15) is 31.9 Å². The standard InChI is InChI=1S/C13H22N4O3/c1-2-3-5-14-6-4-12(18)17-11(13(19)20)7-10-8-15-9-16-10/h8-9,11,14H,2-7H2,1H3,(H,15,16)(H,17,18)(H,19,20)/t11-/m0/s1. The highest BCUT2D eigenvalue weighted by atomic mass is 16.4. The van der Waals surface area contributed by atoms with E-state index in [1.807, 2.05) is 0 Å². The highest BCUT2D eigenvalue weighted by Crippen LogP contribution is 1.99. The van der Waals surface area contributed by atoms with Crippen LogP contribution in [-0.4, -0.2) is 46.1 Å². The quantitative estimate of drug-likeness (QED) is 0.462. The zero-order valence-electron chi connectivity index (χ0n) is 11.7. The van der Waals surface area contributed by atoms with E-state index in [0.717, 1.165) is 19.4 Å². The van der Waals surface area contributed by atoms with Gasteiger partial charge < -0.3 is 20.7 Å². The molecule has 0 saturated carbocycles. The van der Waals surface area contributed by atoms with E-state index >= 15 is 0 Å². The first-order valence-corrected chi connectivity index (χ1v) is 6.83. The summed E-state index contributed by atoms with van der Waals surface area (Å²) < 4.78 is 0. The van der Waals surface area contributed by atoms with Gasteiger partial charge in [-0.3, -0.25) is 4.79 Å². The Labute approximate surface area is 118 Å². The van der Waals surface area contributed by atoms with E-state index in [-0.39, 0.29) is 18.7 Å². The molecule has 0 aliphatic rings. The predicted octanol–water partition coefficient (Wildman–Crippen LogP) is 0.301. The number of amides is 1. The van der Waals surface area contributed by atoms with Gasteiger partial charge in [0.15, 0.2) is 0 Å². The van der Waals surface area contributed by atoms with E-state index in [1.165, 1.54) is 6.33 Å². The molecule has 1 aromatic heterocycles. The summed E-state index contributed by atoms with van der Waals surface area (Å²) in [5.41, 5.74) is 0.679. The maximum Gasteiger partial charge on any atom is 0.326 e. The molecule has 112 valence electrons. The number of nitrogens with one attached hydrogen (secondary N) is 3. The average Bonchev–Trinajstić information content (AvgIpc) is 2.90. The van der Waals surface area contributed by atoms with Crippen LogP contribution in [0.5, 0.6) is 0 Å². The van der Waals surface area contributed by atoms with Crippen LogP contribution in [0, 0.1) is 0 Å². The maximum atomic E-state index is 11.7. The molecule has 7 nitrogen and oxygen atoms in total. The fraction of sp³-hybridized carbons (Fsp3) is 0.615. The van der Waals surface area contributed by atoms with Crippen molar-refractivity contribution in [2.45, 2.75) is 38.6 Å². The fourth-order valence-corrected chi connectivity index (χ4v) is 1.71. The van der Waals surface area contributed by atoms with Crippen molar-refractivity contribution in [3.63, 3.8) is 0 Å². The highest BCUT2D eigenvalue weighted by molar-refractivity contribution is 5.83. The summed E-state index contributed by atoms with van der Waals surface area (Å²) in [6.45, 7) is 3.53. The number of rotatable bonds is 10. The number of H-pyrrole nitrogens is 1. The number of imidazole rings is 1. The third kappa shape index (κ3) is 6.33. The van der Waals surface area contributed by atoms with Crippen LogP contribution < -0.4 is 10.6 Å². The molecule has 1 aromatic rings. The van der Waals surface area contributed by atoms with Crippen molar-refractivity contribution in [3.05, 3.63) is 18.2 Å². The number of unbranched alkanes of at least 4 members (excludes halogenated alkanes) is 1. The number of carbonyl (C=O) groups excluding carboxylic acids is 1. The smallest absolute Gasteiger partial charge is 0.326 e. The first-order chi connectivity index (χ1) is 9.63. The predicted molar refractivity (Wildman–Crippen MR) is 74.3 cm³/mol. The van der Waals surface area contributed by atoms with E-state index in [0.29, 0.717) is 12.2 Å². The highest BCUT2D eigenvalue weighted by Gasteiger charge is 2.20. The van der Waals surface area contributed by atoms with Crippen LogP contribution in [0.2, 0.25) is 0 Å². The second-order valence-corrected chi connectivity index (χ2v) is 4.59. The minimum absolute atomic E-state index is 0.199. The number of aromatic amines is 1. The molecule has 0 aliphatic carbocycles. The third-order valence-electron chi connectivity index (χ3n) is 2.85. The van der Waals surface area contributed by atoms with Crippen LogP contribution >= 0.6 is 0 Å². The Morgan fingerprint density at radius 3 is 2.85 bits per heavy atom. The topological polar surface area (TPSA) is 107 Å². The maximum absolute atomic E-state index is 11.7. The largest absolute Gasteiger partial charge is 0.480 e. The van der Waals surface area contributed by atoms with Gasteiger partial charge in [0.25, 0.3) is 0 Å². The lowest BCUT2D eigenvalue weighted by Crippen LogP contribution is -2.43. The van der Waals surface area contributed by atoms with Crippen molar-refractivity contribution in [1.29, 1.82) is 0 Å².